The van der Waals surface area contributed by atoms with Crippen LogP contribution in [0.5, 0.6) is 0 Å². The molecule has 28 heavy (non-hydrogen) atoms. The summed E-state index contributed by atoms with van der Waals surface area (Å²) in [7, 11) is 0. The molecule has 1 aliphatic heterocycles. The molecule has 0 radical (unpaired) electrons. The van der Waals surface area contributed by atoms with Gasteiger partial charge in [0.1, 0.15) is 0 Å². The Hall–Kier alpha value is -2.63. The van der Waals surface area contributed by atoms with Crippen LogP contribution in [0.25, 0.3) is 0 Å². The number of imidazole rings is 1. The zero-order chi connectivity index (χ0) is 19.7. The van der Waals surface area contributed by atoms with Gasteiger partial charge in [0.2, 0.25) is 0 Å². The summed E-state index contributed by atoms with van der Waals surface area (Å²) in [5.74, 6) is -0.00665. The predicted octanol–water partition coefficient (Wildman–Crippen LogP) is 3.76. The van der Waals surface area contributed by atoms with Crippen molar-refractivity contribution in [2.24, 2.45) is 0 Å². The maximum Gasteiger partial charge on any atom is 0.287 e. The van der Waals surface area contributed by atoms with E-state index in [2.05, 4.69) is 15.6 Å². The highest BCUT2D eigenvalue weighted by Gasteiger charge is 2.29. The van der Waals surface area contributed by atoms with E-state index in [1.807, 2.05) is 36.6 Å². The van der Waals surface area contributed by atoms with Gasteiger partial charge in [0.05, 0.1) is 5.69 Å². The minimum Gasteiger partial charge on any atom is -0.347 e. The Morgan fingerprint density at radius 2 is 1.86 bits per heavy atom. The Balaban J connectivity index is 1.61. The molecular formula is C22H28N4O2. The fourth-order valence-electron chi connectivity index (χ4n) is 4.29. The second-order valence-electron chi connectivity index (χ2n) is 8.00. The molecule has 0 saturated heterocycles. The summed E-state index contributed by atoms with van der Waals surface area (Å²) in [5.41, 5.74) is 4.23. The number of carbonyl (C=O) groups is 2. The van der Waals surface area contributed by atoms with Crippen LogP contribution in [0, 0.1) is 13.8 Å². The molecule has 0 spiro atoms. The van der Waals surface area contributed by atoms with Gasteiger partial charge in [-0.3, -0.25) is 9.59 Å². The molecular weight excluding hydrogens is 352 g/mol. The highest BCUT2D eigenvalue weighted by atomic mass is 16.2. The first-order chi connectivity index (χ1) is 13.5. The van der Waals surface area contributed by atoms with Gasteiger partial charge in [-0.05, 0) is 63.1 Å². The molecule has 1 aliphatic carbocycles. The van der Waals surface area contributed by atoms with Crippen molar-refractivity contribution >= 4 is 17.5 Å². The molecule has 0 atom stereocenters. The fourth-order valence-corrected chi connectivity index (χ4v) is 4.29. The second-order valence-corrected chi connectivity index (χ2v) is 8.00. The summed E-state index contributed by atoms with van der Waals surface area (Å²) >= 11 is 0. The van der Waals surface area contributed by atoms with Crippen molar-refractivity contribution in [3.05, 3.63) is 46.5 Å². The smallest absolute Gasteiger partial charge is 0.287 e. The largest absolute Gasteiger partial charge is 0.347 e. The number of anilines is 1. The molecule has 148 valence electrons. The van der Waals surface area contributed by atoms with Gasteiger partial charge < -0.3 is 15.2 Å². The summed E-state index contributed by atoms with van der Waals surface area (Å²) in [6.45, 7) is 4.76. The first-order valence-corrected chi connectivity index (χ1v) is 10.3. The van der Waals surface area contributed by atoms with Crippen LogP contribution in [-0.2, 0) is 13.0 Å². The van der Waals surface area contributed by atoms with Crippen LogP contribution >= 0.6 is 0 Å². The minimum absolute atomic E-state index is 0.152. The van der Waals surface area contributed by atoms with E-state index in [1.54, 1.807) is 0 Å². The molecule has 4 rings (SSSR count). The van der Waals surface area contributed by atoms with Gasteiger partial charge in [-0.15, -0.1) is 0 Å². The maximum atomic E-state index is 13.0. The van der Waals surface area contributed by atoms with E-state index in [1.165, 1.54) is 0 Å². The average Bonchev–Trinajstić information content (AvgIpc) is 3.33. The number of hydrogen-bond donors (Lipinski definition) is 2. The topological polar surface area (TPSA) is 76.0 Å². The molecule has 1 saturated carbocycles. The third-order valence-electron chi connectivity index (χ3n) is 6.08. The molecule has 1 aromatic carbocycles. The van der Waals surface area contributed by atoms with E-state index >= 15 is 0 Å². The molecule has 0 unspecified atom stereocenters. The average molecular weight is 380 g/mol. The lowest BCUT2D eigenvalue weighted by atomic mass is 10.1. The number of hydrogen-bond acceptors (Lipinski definition) is 3. The molecule has 2 heterocycles. The van der Waals surface area contributed by atoms with Crippen LogP contribution in [0.1, 0.15) is 76.5 Å². The molecule has 2 N–H and O–H groups in total. The Morgan fingerprint density at radius 3 is 2.64 bits per heavy atom. The minimum atomic E-state index is -0.237. The van der Waals surface area contributed by atoms with Crippen molar-refractivity contribution in [3.8, 4) is 0 Å². The first-order valence-electron chi connectivity index (χ1n) is 10.3. The van der Waals surface area contributed by atoms with E-state index in [4.69, 9.17) is 0 Å². The van der Waals surface area contributed by atoms with Crippen LogP contribution in [0.2, 0.25) is 0 Å². The first kappa shape index (κ1) is 18.7. The molecule has 6 heteroatoms. The molecule has 6 nitrogen and oxygen atoms in total. The molecule has 1 aromatic heterocycles. The molecule has 2 amide bonds. The Kier molecular flexibility index (Phi) is 5.20. The summed E-state index contributed by atoms with van der Waals surface area (Å²) < 4.78 is 1.95. The number of rotatable bonds is 4. The standard InChI is InChI=1S/C22H28N4O2/c1-14-8-7-11-17(15(14)2)24-21(27)19-18-12-5-6-13-26(18)20(25-19)22(28)23-16-9-3-4-10-16/h7-8,11,16H,3-6,9-10,12-13H2,1-2H3,(H,23,28)(H,24,27). The van der Waals surface area contributed by atoms with Crippen molar-refractivity contribution in [1.29, 1.82) is 0 Å². The summed E-state index contributed by atoms with van der Waals surface area (Å²) in [5, 5.41) is 6.11. The normalized spacial score (nSPS) is 16.6. The second kappa shape index (κ2) is 7.78. The van der Waals surface area contributed by atoms with Crippen LogP contribution in [0.4, 0.5) is 5.69 Å². The zero-order valence-corrected chi connectivity index (χ0v) is 16.7. The lowest BCUT2D eigenvalue weighted by molar-refractivity contribution is 0.0921. The number of nitrogens with zero attached hydrogens (tertiary/aromatic N) is 2. The van der Waals surface area contributed by atoms with Crippen molar-refractivity contribution in [2.45, 2.75) is 71.4 Å². The number of fused-ring (bicyclic) bond motifs is 1. The Morgan fingerprint density at radius 1 is 1.07 bits per heavy atom. The number of carbonyl (C=O) groups excluding carboxylic acids is 2. The fraction of sp³-hybridized carbons (Fsp3) is 0.500. The van der Waals surface area contributed by atoms with Gasteiger partial charge in [-0.1, -0.05) is 25.0 Å². The van der Waals surface area contributed by atoms with E-state index in [-0.39, 0.29) is 17.9 Å². The van der Waals surface area contributed by atoms with Crippen LogP contribution in [0.15, 0.2) is 18.2 Å². The number of amides is 2. The van der Waals surface area contributed by atoms with Crippen molar-refractivity contribution in [3.63, 3.8) is 0 Å². The molecule has 2 aliphatic rings. The molecule has 0 bridgehead atoms. The Labute approximate surface area is 165 Å². The lowest BCUT2D eigenvalue weighted by Gasteiger charge is -2.18. The van der Waals surface area contributed by atoms with Gasteiger partial charge >= 0.3 is 0 Å². The van der Waals surface area contributed by atoms with Crippen LogP contribution < -0.4 is 10.6 Å². The number of aromatic nitrogens is 2. The zero-order valence-electron chi connectivity index (χ0n) is 16.7. The van der Waals surface area contributed by atoms with Gasteiger partial charge in [0.15, 0.2) is 11.5 Å². The van der Waals surface area contributed by atoms with Gasteiger partial charge in [0.25, 0.3) is 11.8 Å². The van der Waals surface area contributed by atoms with E-state index < -0.39 is 0 Å². The number of benzene rings is 1. The van der Waals surface area contributed by atoms with E-state index in [9.17, 15) is 9.59 Å². The van der Waals surface area contributed by atoms with Gasteiger partial charge in [-0.25, -0.2) is 4.98 Å². The van der Waals surface area contributed by atoms with E-state index in [0.717, 1.165) is 74.0 Å². The summed E-state index contributed by atoms with van der Waals surface area (Å²) in [4.78, 5) is 30.4. The SMILES string of the molecule is Cc1cccc(NC(=O)c2nc(C(=O)NC3CCCC3)n3c2CCCC3)c1C. The monoisotopic (exact) mass is 380 g/mol. The number of nitrogens with one attached hydrogen (secondary N) is 2. The third kappa shape index (κ3) is 3.55. The van der Waals surface area contributed by atoms with Crippen LogP contribution in [-0.4, -0.2) is 27.4 Å². The highest BCUT2D eigenvalue weighted by Crippen LogP contribution is 2.24. The predicted molar refractivity (Wildman–Crippen MR) is 109 cm³/mol. The summed E-state index contributed by atoms with van der Waals surface area (Å²) in [6.07, 6.45) is 7.17. The van der Waals surface area contributed by atoms with Crippen molar-refractivity contribution < 1.29 is 9.59 Å². The highest BCUT2D eigenvalue weighted by molar-refractivity contribution is 6.05. The number of aryl methyl sites for hydroxylation is 1. The van der Waals surface area contributed by atoms with Gasteiger partial charge in [0, 0.05) is 18.3 Å². The van der Waals surface area contributed by atoms with Crippen molar-refractivity contribution in [1.82, 2.24) is 14.9 Å². The quantitative estimate of drug-likeness (QED) is 0.848. The van der Waals surface area contributed by atoms with E-state index in [0.29, 0.717) is 11.5 Å². The molecule has 2 aromatic rings. The van der Waals surface area contributed by atoms with Crippen LogP contribution in [0.3, 0.4) is 0 Å². The third-order valence-corrected chi connectivity index (χ3v) is 6.08. The van der Waals surface area contributed by atoms with Crippen molar-refractivity contribution in [2.75, 3.05) is 5.32 Å². The maximum absolute atomic E-state index is 13.0. The lowest BCUT2D eigenvalue weighted by Crippen LogP contribution is -2.35. The molecule has 1 fully saturated rings. The summed E-state index contributed by atoms with van der Waals surface area (Å²) in [6, 6.07) is 6.09. The van der Waals surface area contributed by atoms with Gasteiger partial charge in [-0.2, -0.15) is 0 Å². The Bertz CT molecular complexity index is 910.